The third kappa shape index (κ3) is 4.54. The van der Waals surface area contributed by atoms with Gasteiger partial charge in [-0.15, -0.1) is 0 Å². The zero-order chi connectivity index (χ0) is 24.5. The summed E-state index contributed by atoms with van der Waals surface area (Å²) in [4.78, 5) is 29.6. The van der Waals surface area contributed by atoms with E-state index in [1.165, 1.54) is 18.6 Å². The van der Waals surface area contributed by atoms with E-state index in [2.05, 4.69) is 20.6 Å². The maximum Gasteiger partial charge on any atom is 0.251 e. The summed E-state index contributed by atoms with van der Waals surface area (Å²) < 4.78 is 19.9. The summed E-state index contributed by atoms with van der Waals surface area (Å²) in [6.45, 7) is 1.60. The normalized spacial score (nSPS) is 20.6. The Morgan fingerprint density at radius 3 is 2.69 bits per heavy atom. The quantitative estimate of drug-likeness (QED) is 0.327. The molecule has 4 aromatic rings. The van der Waals surface area contributed by atoms with Crippen molar-refractivity contribution in [1.29, 1.82) is 0 Å². The molecule has 3 N–H and O–H groups in total. The van der Waals surface area contributed by atoms with Crippen molar-refractivity contribution >= 4 is 16.9 Å². The number of aromatic nitrogens is 4. The van der Waals surface area contributed by atoms with E-state index in [0.717, 1.165) is 38.1 Å². The second kappa shape index (κ2) is 9.31. The summed E-state index contributed by atoms with van der Waals surface area (Å²) in [5.41, 5.74) is 3.21. The number of imidazole rings is 1. The molecule has 1 amide bonds. The number of hydrogen-bond acceptors (Lipinski definition) is 6. The number of aryl methyl sites for hydroxylation is 1. The Bertz CT molecular complexity index is 1380. The number of nitrogens with one attached hydrogen (secondary N) is 3. The highest BCUT2D eigenvalue weighted by Crippen LogP contribution is 2.42. The lowest BCUT2D eigenvalue weighted by Crippen LogP contribution is -2.67. The average Bonchev–Trinajstić information content (AvgIpc) is 3.36. The van der Waals surface area contributed by atoms with Crippen LogP contribution in [-0.2, 0) is 6.42 Å². The van der Waals surface area contributed by atoms with Gasteiger partial charge in [-0.25, -0.2) is 19.3 Å². The van der Waals surface area contributed by atoms with Gasteiger partial charge in [-0.3, -0.25) is 4.79 Å². The van der Waals surface area contributed by atoms with Gasteiger partial charge in [0, 0.05) is 54.9 Å². The topological polar surface area (TPSA) is 105 Å². The van der Waals surface area contributed by atoms with Gasteiger partial charge in [-0.1, -0.05) is 0 Å². The van der Waals surface area contributed by atoms with Gasteiger partial charge in [-0.05, 0) is 61.9 Å². The lowest BCUT2D eigenvalue weighted by molar-refractivity contribution is -0.0204. The van der Waals surface area contributed by atoms with E-state index in [-0.39, 0.29) is 23.4 Å². The molecule has 0 unspecified atom stereocenters. The number of H-pyrrole nitrogens is 1. The first kappa shape index (κ1) is 22.6. The van der Waals surface area contributed by atoms with Crippen molar-refractivity contribution in [2.75, 3.05) is 13.1 Å². The zero-order valence-electron chi connectivity index (χ0n) is 19.8. The maximum atomic E-state index is 13.6. The summed E-state index contributed by atoms with van der Waals surface area (Å²) in [7, 11) is 0. The lowest BCUT2D eigenvalue weighted by Gasteiger charge is -2.54. The van der Waals surface area contributed by atoms with Crippen molar-refractivity contribution in [3.05, 3.63) is 72.1 Å². The highest BCUT2D eigenvalue weighted by Gasteiger charge is 2.49. The molecule has 1 aliphatic heterocycles. The Kier molecular flexibility index (Phi) is 5.85. The molecule has 1 spiro atoms. The first-order valence-electron chi connectivity index (χ1n) is 12.3. The van der Waals surface area contributed by atoms with E-state index in [9.17, 15) is 9.18 Å². The number of rotatable bonds is 8. The zero-order valence-corrected chi connectivity index (χ0v) is 19.8. The minimum atomic E-state index is -0.321. The van der Waals surface area contributed by atoms with Crippen molar-refractivity contribution in [2.45, 2.75) is 43.7 Å². The Labute approximate surface area is 207 Å². The number of ether oxygens (including phenoxy) is 1. The SMILES string of the molecule is O=C(NCCCc1ncc[nH]1)c1ccc2nc(OC3CC4(CCN4)C3)c(-c3ccc(F)cc3)nc2c1. The van der Waals surface area contributed by atoms with Gasteiger partial charge in [-0.2, -0.15) is 0 Å². The Balaban J connectivity index is 1.22. The summed E-state index contributed by atoms with van der Waals surface area (Å²) in [6.07, 6.45) is 8.16. The van der Waals surface area contributed by atoms with E-state index < -0.39 is 0 Å². The fourth-order valence-electron chi connectivity index (χ4n) is 4.93. The highest BCUT2D eigenvalue weighted by molar-refractivity contribution is 5.97. The van der Waals surface area contributed by atoms with Crippen LogP contribution in [0.15, 0.2) is 54.9 Å². The third-order valence-corrected chi connectivity index (χ3v) is 7.06. The highest BCUT2D eigenvalue weighted by atomic mass is 19.1. The molecule has 2 aromatic heterocycles. The summed E-state index contributed by atoms with van der Waals surface area (Å²) >= 11 is 0. The summed E-state index contributed by atoms with van der Waals surface area (Å²) in [6, 6.07) is 11.4. The van der Waals surface area contributed by atoms with Crippen LogP contribution in [0.2, 0.25) is 0 Å². The molecule has 8 nitrogen and oxygen atoms in total. The van der Waals surface area contributed by atoms with Gasteiger partial charge in [0.15, 0.2) is 0 Å². The molecule has 0 radical (unpaired) electrons. The van der Waals surface area contributed by atoms with Gasteiger partial charge in [0.1, 0.15) is 23.4 Å². The molecule has 1 aliphatic carbocycles. The van der Waals surface area contributed by atoms with Crippen LogP contribution >= 0.6 is 0 Å². The molecule has 0 bridgehead atoms. The van der Waals surface area contributed by atoms with E-state index in [0.29, 0.717) is 40.3 Å². The fourth-order valence-corrected chi connectivity index (χ4v) is 4.93. The molecule has 3 heterocycles. The number of amides is 1. The Hall–Kier alpha value is -3.85. The molecule has 6 rings (SSSR count). The number of hydrogen-bond donors (Lipinski definition) is 3. The molecule has 0 atom stereocenters. The van der Waals surface area contributed by atoms with Crippen molar-refractivity contribution in [3.8, 4) is 17.1 Å². The predicted octanol–water partition coefficient (Wildman–Crippen LogP) is 3.79. The Morgan fingerprint density at radius 2 is 1.97 bits per heavy atom. The smallest absolute Gasteiger partial charge is 0.251 e. The molecule has 1 saturated heterocycles. The number of carbonyl (C=O) groups excluding carboxylic acids is 1. The number of halogens is 1. The maximum absolute atomic E-state index is 13.6. The molecule has 1 saturated carbocycles. The van der Waals surface area contributed by atoms with Gasteiger partial charge in [0.2, 0.25) is 5.88 Å². The molecule has 9 heteroatoms. The van der Waals surface area contributed by atoms with Crippen molar-refractivity contribution in [2.24, 2.45) is 0 Å². The van der Waals surface area contributed by atoms with Crippen molar-refractivity contribution in [3.63, 3.8) is 0 Å². The van der Waals surface area contributed by atoms with Crippen LogP contribution in [0, 0.1) is 5.82 Å². The van der Waals surface area contributed by atoms with Gasteiger partial charge in [0.05, 0.1) is 11.0 Å². The fraction of sp³-hybridized carbons (Fsp3) is 0.333. The number of nitrogens with zero attached hydrogens (tertiary/aromatic N) is 3. The van der Waals surface area contributed by atoms with Gasteiger partial charge >= 0.3 is 0 Å². The number of carbonyl (C=O) groups is 1. The molecule has 2 fully saturated rings. The molecule has 184 valence electrons. The lowest BCUT2D eigenvalue weighted by atomic mass is 9.68. The standard InChI is InChI=1S/C27H27FN6O2/c28-19-6-3-17(4-7-19)24-26(36-20-15-27(16-20)9-11-32-27)34-21-8-5-18(14-22(21)33-24)25(35)31-10-1-2-23-29-12-13-30-23/h3-8,12-14,20,32H,1-2,9-11,15-16H2,(H,29,30)(H,31,35). The molecule has 36 heavy (non-hydrogen) atoms. The predicted molar refractivity (Wildman–Crippen MR) is 133 cm³/mol. The van der Waals surface area contributed by atoms with Crippen molar-refractivity contribution in [1.82, 2.24) is 30.6 Å². The average molecular weight is 487 g/mol. The molecule has 2 aromatic carbocycles. The second-order valence-corrected chi connectivity index (χ2v) is 9.59. The second-order valence-electron chi connectivity index (χ2n) is 9.59. The molecule has 2 aliphatic rings. The summed E-state index contributed by atoms with van der Waals surface area (Å²) in [5, 5.41) is 6.45. The van der Waals surface area contributed by atoms with Crippen LogP contribution in [0.1, 0.15) is 41.9 Å². The van der Waals surface area contributed by atoms with E-state index in [1.54, 1.807) is 42.7 Å². The number of fused-ring (bicyclic) bond motifs is 1. The number of benzene rings is 2. The van der Waals surface area contributed by atoms with Crippen LogP contribution in [0.4, 0.5) is 4.39 Å². The first-order chi connectivity index (χ1) is 17.6. The van der Waals surface area contributed by atoms with Gasteiger partial charge in [0.25, 0.3) is 5.91 Å². The van der Waals surface area contributed by atoms with E-state index >= 15 is 0 Å². The van der Waals surface area contributed by atoms with Gasteiger partial charge < -0.3 is 20.4 Å². The van der Waals surface area contributed by atoms with E-state index in [4.69, 9.17) is 14.7 Å². The van der Waals surface area contributed by atoms with Crippen LogP contribution in [0.25, 0.3) is 22.3 Å². The molecular weight excluding hydrogens is 459 g/mol. The van der Waals surface area contributed by atoms with Crippen LogP contribution < -0.4 is 15.4 Å². The first-order valence-corrected chi connectivity index (χ1v) is 12.3. The molecular formula is C27H27FN6O2. The third-order valence-electron chi connectivity index (χ3n) is 7.06. The van der Waals surface area contributed by atoms with Crippen molar-refractivity contribution < 1.29 is 13.9 Å². The van der Waals surface area contributed by atoms with Crippen LogP contribution in [0.5, 0.6) is 5.88 Å². The van der Waals surface area contributed by atoms with Crippen LogP contribution in [-0.4, -0.2) is 50.6 Å². The number of aromatic amines is 1. The summed E-state index contributed by atoms with van der Waals surface area (Å²) in [5.74, 6) is 0.841. The monoisotopic (exact) mass is 486 g/mol. The largest absolute Gasteiger partial charge is 0.473 e. The minimum absolute atomic E-state index is 0.0648. The Morgan fingerprint density at radius 1 is 1.14 bits per heavy atom. The van der Waals surface area contributed by atoms with E-state index in [1.807, 2.05) is 0 Å². The van der Waals surface area contributed by atoms with Crippen LogP contribution in [0.3, 0.4) is 0 Å². The minimum Gasteiger partial charge on any atom is -0.473 e.